The molecule has 10 nitrogen and oxygen atoms in total. The second-order valence-electron chi connectivity index (χ2n) is 10.9. The molecule has 0 bridgehead atoms. The van der Waals surface area contributed by atoms with E-state index in [4.69, 9.17) is 4.74 Å². The summed E-state index contributed by atoms with van der Waals surface area (Å²) < 4.78 is 6.57. The number of nitrogens with one attached hydrogen (secondary N) is 2. The zero-order valence-electron chi connectivity index (χ0n) is 23.0. The van der Waals surface area contributed by atoms with E-state index < -0.39 is 0 Å². The summed E-state index contributed by atoms with van der Waals surface area (Å²) in [6, 6.07) is 12.6. The zero-order chi connectivity index (χ0) is 28.0. The van der Waals surface area contributed by atoms with E-state index in [9.17, 15) is 14.4 Å². The highest BCUT2D eigenvalue weighted by atomic mass is 16.5. The van der Waals surface area contributed by atoms with Crippen molar-refractivity contribution in [3.05, 3.63) is 70.1 Å². The lowest BCUT2D eigenvalue weighted by Gasteiger charge is -2.26. The molecule has 0 saturated carbocycles. The number of hydrogen-bond donors (Lipinski definition) is 2. The number of hydrogen-bond acceptors (Lipinski definition) is 7. The SMILES string of the molecule is Cn1nc(-c2cccc(CC(=O)NCCC(C)(C)C)c2)cc(Nc2ccc(C(=O)N3CCOCC3)cn2)c1=O. The lowest BCUT2D eigenvalue weighted by molar-refractivity contribution is -0.120. The quantitative estimate of drug-likeness (QED) is 0.458. The summed E-state index contributed by atoms with van der Waals surface area (Å²) >= 11 is 0. The van der Waals surface area contributed by atoms with Gasteiger partial charge in [0.2, 0.25) is 5.91 Å². The standard InChI is InChI=1S/C29H36N6O4/c1-29(2,3)10-11-30-26(36)17-20-6-5-7-21(16-20)23-18-24(28(38)34(4)33-23)32-25-9-8-22(19-31-25)27(37)35-12-14-39-15-13-35/h5-9,16,18-19H,10-15,17H2,1-4H3,(H,30,36)(H,31,32). The number of morpholine rings is 1. The van der Waals surface area contributed by atoms with Crippen molar-refractivity contribution in [1.82, 2.24) is 25.0 Å². The van der Waals surface area contributed by atoms with Crippen molar-refractivity contribution < 1.29 is 14.3 Å². The third kappa shape index (κ3) is 7.73. The summed E-state index contributed by atoms with van der Waals surface area (Å²) in [5.74, 6) is 0.305. The molecule has 2 amide bonds. The first-order chi connectivity index (χ1) is 18.6. The minimum Gasteiger partial charge on any atom is -0.378 e. The van der Waals surface area contributed by atoms with Gasteiger partial charge < -0.3 is 20.3 Å². The third-order valence-corrected chi connectivity index (χ3v) is 6.42. The highest BCUT2D eigenvalue weighted by molar-refractivity contribution is 5.94. The topological polar surface area (TPSA) is 118 Å². The fourth-order valence-corrected chi connectivity index (χ4v) is 4.19. The molecule has 0 aliphatic carbocycles. The maximum atomic E-state index is 12.8. The van der Waals surface area contributed by atoms with Crippen molar-refractivity contribution in [1.29, 1.82) is 0 Å². The van der Waals surface area contributed by atoms with Crippen LogP contribution < -0.4 is 16.2 Å². The molecule has 1 aliphatic rings. The Bertz CT molecular complexity index is 1370. The molecule has 1 aliphatic heterocycles. The summed E-state index contributed by atoms with van der Waals surface area (Å²) in [4.78, 5) is 44.0. The Balaban J connectivity index is 1.46. The molecule has 10 heteroatoms. The van der Waals surface area contributed by atoms with Crippen LogP contribution in [0, 0.1) is 5.41 Å². The largest absolute Gasteiger partial charge is 0.378 e. The number of anilines is 2. The molecule has 3 heterocycles. The Labute approximate surface area is 228 Å². The Morgan fingerprint density at radius 2 is 1.85 bits per heavy atom. The Morgan fingerprint density at radius 1 is 1.08 bits per heavy atom. The molecule has 0 atom stereocenters. The first-order valence-corrected chi connectivity index (χ1v) is 13.1. The van der Waals surface area contributed by atoms with Gasteiger partial charge in [-0.2, -0.15) is 5.10 Å². The number of ether oxygens (including phenoxy) is 1. The van der Waals surface area contributed by atoms with Crippen molar-refractivity contribution in [2.45, 2.75) is 33.6 Å². The lowest BCUT2D eigenvalue weighted by atomic mass is 9.92. The predicted octanol–water partition coefficient (Wildman–Crippen LogP) is 3.15. The van der Waals surface area contributed by atoms with E-state index in [0.717, 1.165) is 17.5 Å². The second kappa shape index (κ2) is 12.2. The number of nitrogens with zero attached hydrogens (tertiary/aromatic N) is 4. The number of aromatic nitrogens is 3. The van der Waals surface area contributed by atoms with Crippen molar-refractivity contribution in [3.63, 3.8) is 0 Å². The van der Waals surface area contributed by atoms with Crippen LogP contribution in [-0.4, -0.2) is 64.3 Å². The summed E-state index contributed by atoms with van der Waals surface area (Å²) in [5, 5.41) is 10.5. The molecule has 39 heavy (non-hydrogen) atoms. The number of benzene rings is 1. The van der Waals surface area contributed by atoms with Gasteiger partial charge in [-0.3, -0.25) is 14.4 Å². The highest BCUT2D eigenvalue weighted by Crippen LogP contribution is 2.22. The summed E-state index contributed by atoms with van der Waals surface area (Å²) in [6.45, 7) is 9.23. The maximum absolute atomic E-state index is 12.8. The van der Waals surface area contributed by atoms with Gasteiger partial charge in [0.1, 0.15) is 11.5 Å². The van der Waals surface area contributed by atoms with Gasteiger partial charge in [0.05, 0.1) is 30.9 Å². The van der Waals surface area contributed by atoms with Crippen LogP contribution in [0.1, 0.15) is 43.1 Å². The van der Waals surface area contributed by atoms with Gasteiger partial charge >= 0.3 is 0 Å². The molecule has 4 rings (SSSR count). The normalized spacial score (nSPS) is 13.7. The molecule has 1 fully saturated rings. The molecule has 3 aromatic rings. The maximum Gasteiger partial charge on any atom is 0.290 e. The van der Waals surface area contributed by atoms with Crippen LogP contribution in [-0.2, 0) is 23.0 Å². The molecule has 2 aromatic heterocycles. The summed E-state index contributed by atoms with van der Waals surface area (Å²) in [5.41, 5.74) is 2.84. The van der Waals surface area contributed by atoms with E-state index in [2.05, 4.69) is 41.5 Å². The van der Waals surface area contributed by atoms with Crippen molar-refractivity contribution in [2.75, 3.05) is 38.2 Å². The monoisotopic (exact) mass is 532 g/mol. The molecule has 1 aromatic carbocycles. The second-order valence-corrected chi connectivity index (χ2v) is 10.9. The first kappa shape index (κ1) is 28.0. The smallest absolute Gasteiger partial charge is 0.290 e. The Kier molecular flexibility index (Phi) is 8.75. The van der Waals surface area contributed by atoms with Gasteiger partial charge in [0.25, 0.3) is 11.5 Å². The average Bonchev–Trinajstić information content (AvgIpc) is 2.91. The summed E-state index contributed by atoms with van der Waals surface area (Å²) in [7, 11) is 1.58. The predicted molar refractivity (Wildman–Crippen MR) is 150 cm³/mol. The minimum atomic E-state index is -0.316. The van der Waals surface area contributed by atoms with Gasteiger partial charge in [-0.1, -0.05) is 39.0 Å². The summed E-state index contributed by atoms with van der Waals surface area (Å²) in [6.07, 6.45) is 2.66. The zero-order valence-corrected chi connectivity index (χ0v) is 23.0. The van der Waals surface area contributed by atoms with E-state index in [0.29, 0.717) is 55.6 Å². The first-order valence-electron chi connectivity index (χ1n) is 13.1. The van der Waals surface area contributed by atoms with Crippen LogP contribution in [0.3, 0.4) is 0 Å². The number of carbonyl (C=O) groups is 2. The van der Waals surface area contributed by atoms with Crippen LogP contribution in [0.25, 0.3) is 11.3 Å². The molecule has 2 N–H and O–H groups in total. The fraction of sp³-hybridized carbons (Fsp3) is 0.414. The molecule has 206 valence electrons. The van der Waals surface area contributed by atoms with E-state index in [1.54, 1.807) is 30.1 Å². The van der Waals surface area contributed by atoms with Gasteiger partial charge in [-0.25, -0.2) is 9.67 Å². The molecule has 0 unspecified atom stereocenters. The Hall–Kier alpha value is -4.05. The van der Waals surface area contributed by atoms with Crippen LogP contribution in [0.4, 0.5) is 11.5 Å². The van der Waals surface area contributed by atoms with Gasteiger partial charge in [-0.05, 0) is 41.7 Å². The number of pyridine rings is 1. The Morgan fingerprint density at radius 3 is 2.54 bits per heavy atom. The van der Waals surface area contributed by atoms with E-state index in [1.165, 1.54) is 10.9 Å². The van der Waals surface area contributed by atoms with Crippen LogP contribution in [0.5, 0.6) is 0 Å². The third-order valence-electron chi connectivity index (χ3n) is 6.42. The van der Waals surface area contributed by atoms with E-state index in [1.807, 2.05) is 24.3 Å². The van der Waals surface area contributed by atoms with Crippen molar-refractivity contribution in [3.8, 4) is 11.3 Å². The lowest BCUT2D eigenvalue weighted by Crippen LogP contribution is -2.40. The van der Waals surface area contributed by atoms with Gasteiger partial charge in [-0.15, -0.1) is 0 Å². The van der Waals surface area contributed by atoms with Crippen molar-refractivity contribution >= 4 is 23.3 Å². The molecule has 1 saturated heterocycles. The molecular formula is C29H36N6O4. The highest BCUT2D eigenvalue weighted by Gasteiger charge is 2.19. The van der Waals surface area contributed by atoms with Gasteiger partial charge in [0.15, 0.2) is 0 Å². The van der Waals surface area contributed by atoms with E-state index >= 15 is 0 Å². The van der Waals surface area contributed by atoms with Crippen LogP contribution in [0.15, 0.2) is 53.5 Å². The number of aryl methyl sites for hydroxylation is 1. The molecular weight excluding hydrogens is 496 g/mol. The van der Waals surface area contributed by atoms with E-state index in [-0.39, 0.29) is 29.2 Å². The fourth-order valence-electron chi connectivity index (χ4n) is 4.19. The van der Waals surface area contributed by atoms with Gasteiger partial charge in [0, 0.05) is 38.4 Å². The number of amides is 2. The molecule has 0 radical (unpaired) electrons. The number of rotatable bonds is 8. The average molecular weight is 533 g/mol. The van der Waals surface area contributed by atoms with Crippen LogP contribution >= 0.6 is 0 Å². The molecule has 0 spiro atoms. The van der Waals surface area contributed by atoms with Crippen molar-refractivity contribution in [2.24, 2.45) is 12.5 Å². The minimum absolute atomic E-state index is 0.0335. The number of carbonyl (C=O) groups excluding carboxylic acids is 2. The van der Waals surface area contributed by atoms with Crippen LogP contribution in [0.2, 0.25) is 0 Å².